The number of aryl methyl sites for hydroxylation is 1. The Morgan fingerprint density at radius 3 is 2.40 bits per heavy atom. The lowest BCUT2D eigenvalue weighted by atomic mass is 10.00. The van der Waals surface area contributed by atoms with Crippen LogP contribution in [0.3, 0.4) is 0 Å². The molecular formula is C20H32IN5O4. The third-order valence-corrected chi connectivity index (χ3v) is 4.46. The van der Waals surface area contributed by atoms with E-state index in [2.05, 4.69) is 20.7 Å². The van der Waals surface area contributed by atoms with Crippen molar-refractivity contribution in [3.63, 3.8) is 0 Å². The number of aliphatic hydroxyl groups is 1. The number of methoxy groups -OCH3 is 3. The molecule has 1 heterocycles. The molecule has 0 fully saturated rings. The third kappa shape index (κ3) is 6.39. The second-order valence-electron chi connectivity index (χ2n) is 6.72. The van der Waals surface area contributed by atoms with E-state index in [0.29, 0.717) is 36.3 Å². The van der Waals surface area contributed by atoms with Gasteiger partial charge in [0, 0.05) is 30.9 Å². The first-order valence-electron chi connectivity index (χ1n) is 9.37. The van der Waals surface area contributed by atoms with Gasteiger partial charge in [-0.15, -0.1) is 24.0 Å². The van der Waals surface area contributed by atoms with E-state index >= 15 is 0 Å². The fourth-order valence-corrected chi connectivity index (χ4v) is 2.85. The quantitative estimate of drug-likeness (QED) is 0.258. The Hall–Kier alpha value is -2.21. The Balaban J connectivity index is 0.00000450. The largest absolute Gasteiger partial charge is 0.493 e. The van der Waals surface area contributed by atoms with Crippen LogP contribution in [-0.4, -0.2) is 55.3 Å². The molecule has 1 aromatic heterocycles. The topological polar surface area (TPSA) is 102 Å². The molecular weight excluding hydrogens is 501 g/mol. The maximum Gasteiger partial charge on any atom is 0.203 e. The number of aliphatic imine (C=N–C) groups is 1. The molecule has 1 unspecified atom stereocenters. The smallest absolute Gasteiger partial charge is 0.203 e. The van der Waals surface area contributed by atoms with E-state index in [9.17, 15) is 5.11 Å². The van der Waals surface area contributed by atoms with Crippen molar-refractivity contribution in [2.24, 2.45) is 12.0 Å². The molecule has 1 atom stereocenters. The molecule has 0 saturated carbocycles. The van der Waals surface area contributed by atoms with Gasteiger partial charge in [-0.1, -0.05) is 0 Å². The molecule has 1 aromatic carbocycles. The van der Waals surface area contributed by atoms with Gasteiger partial charge in [-0.25, -0.2) is 4.99 Å². The maximum absolute atomic E-state index is 10.8. The molecule has 0 bridgehead atoms. The van der Waals surface area contributed by atoms with Crippen LogP contribution in [0.5, 0.6) is 17.2 Å². The molecule has 0 aliphatic heterocycles. The molecule has 0 aliphatic rings. The molecule has 30 heavy (non-hydrogen) atoms. The van der Waals surface area contributed by atoms with Crippen LogP contribution in [0.2, 0.25) is 0 Å². The number of aromatic nitrogens is 2. The molecule has 2 aromatic rings. The summed E-state index contributed by atoms with van der Waals surface area (Å²) < 4.78 is 17.9. The first-order valence-corrected chi connectivity index (χ1v) is 9.37. The second kappa shape index (κ2) is 11.8. The monoisotopic (exact) mass is 533 g/mol. The van der Waals surface area contributed by atoms with Crippen LogP contribution >= 0.6 is 24.0 Å². The summed E-state index contributed by atoms with van der Waals surface area (Å²) in [5, 5.41) is 21.2. The third-order valence-electron chi connectivity index (χ3n) is 4.46. The predicted molar refractivity (Wildman–Crippen MR) is 127 cm³/mol. The maximum atomic E-state index is 10.8. The lowest BCUT2D eigenvalue weighted by Crippen LogP contribution is -2.44. The van der Waals surface area contributed by atoms with E-state index in [-0.39, 0.29) is 30.5 Å². The highest BCUT2D eigenvalue weighted by Crippen LogP contribution is 2.39. The van der Waals surface area contributed by atoms with Crippen LogP contribution in [0, 0.1) is 0 Å². The number of benzene rings is 1. The fourth-order valence-electron chi connectivity index (χ4n) is 2.85. The lowest BCUT2D eigenvalue weighted by Gasteiger charge is -2.23. The van der Waals surface area contributed by atoms with Gasteiger partial charge in [0.1, 0.15) is 5.60 Å². The normalized spacial score (nSPS) is 13.1. The molecule has 3 N–H and O–H groups in total. The van der Waals surface area contributed by atoms with Gasteiger partial charge in [-0.2, -0.15) is 5.10 Å². The van der Waals surface area contributed by atoms with Gasteiger partial charge in [-0.3, -0.25) is 4.68 Å². The molecule has 0 spiro atoms. The lowest BCUT2D eigenvalue weighted by molar-refractivity contribution is 0.0616. The minimum atomic E-state index is -1.09. The summed E-state index contributed by atoms with van der Waals surface area (Å²) in [4.78, 5) is 4.61. The van der Waals surface area contributed by atoms with E-state index in [4.69, 9.17) is 14.2 Å². The summed E-state index contributed by atoms with van der Waals surface area (Å²) in [6.07, 6.45) is 3.44. The Kier molecular flexibility index (Phi) is 10.2. The van der Waals surface area contributed by atoms with Crippen LogP contribution in [-0.2, 0) is 19.2 Å². The first kappa shape index (κ1) is 25.8. The summed E-state index contributed by atoms with van der Waals surface area (Å²) >= 11 is 0. The van der Waals surface area contributed by atoms with Crippen molar-refractivity contribution in [1.29, 1.82) is 0 Å². The van der Waals surface area contributed by atoms with Crippen LogP contribution < -0.4 is 24.8 Å². The van der Waals surface area contributed by atoms with Gasteiger partial charge >= 0.3 is 0 Å². The molecule has 9 nitrogen and oxygen atoms in total. The van der Waals surface area contributed by atoms with Crippen molar-refractivity contribution in [2.45, 2.75) is 26.0 Å². The zero-order valence-corrected chi connectivity index (χ0v) is 20.7. The van der Waals surface area contributed by atoms with Crippen molar-refractivity contribution >= 4 is 29.9 Å². The number of rotatable bonds is 9. The summed E-state index contributed by atoms with van der Waals surface area (Å²) in [5.41, 5.74) is 0.483. The van der Waals surface area contributed by atoms with E-state index in [1.807, 2.05) is 26.1 Å². The van der Waals surface area contributed by atoms with Gasteiger partial charge < -0.3 is 30.0 Å². The number of hydrogen-bond acceptors (Lipinski definition) is 6. The summed E-state index contributed by atoms with van der Waals surface area (Å²) in [5.74, 6) is 2.28. The number of nitrogens with one attached hydrogen (secondary N) is 2. The van der Waals surface area contributed by atoms with Gasteiger partial charge in [0.05, 0.1) is 40.6 Å². The van der Waals surface area contributed by atoms with Crippen molar-refractivity contribution in [1.82, 2.24) is 20.4 Å². The first-order chi connectivity index (χ1) is 13.9. The van der Waals surface area contributed by atoms with E-state index < -0.39 is 5.60 Å². The van der Waals surface area contributed by atoms with Crippen LogP contribution in [0.1, 0.15) is 25.0 Å². The highest BCUT2D eigenvalue weighted by atomic mass is 127. The van der Waals surface area contributed by atoms with Crippen molar-refractivity contribution in [2.75, 3.05) is 34.4 Å². The van der Waals surface area contributed by atoms with Crippen molar-refractivity contribution in [3.05, 3.63) is 35.7 Å². The van der Waals surface area contributed by atoms with Crippen LogP contribution in [0.15, 0.2) is 29.5 Å². The summed E-state index contributed by atoms with van der Waals surface area (Å²) in [6, 6.07) is 3.71. The molecule has 10 heteroatoms. The Morgan fingerprint density at radius 1 is 1.17 bits per heavy atom. The molecule has 0 radical (unpaired) electrons. The van der Waals surface area contributed by atoms with E-state index in [0.717, 1.165) is 11.1 Å². The SMILES string of the molecule is CCNC(=NCc1ccc(OC)c(OC)c1OC)NCC(C)(O)c1cnn(C)c1.I. The average Bonchev–Trinajstić information content (AvgIpc) is 3.16. The molecule has 0 saturated heterocycles. The van der Waals surface area contributed by atoms with Crippen molar-refractivity contribution < 1.29 is 19.3 Å². The Bertz CT molecular complexity index is 839. The molecule has 168 valence electrons. The van der Waals surface area contributed by atoms with Crippen LogP contribution in [0.25, 0.3) is 0 Å². The zero-order chi connectivity index (χ0) is 21.4. The van der Waals surface area contributed by atoms with E-state index in [1.54, 1.807) is 45.3 Å². The van der Waals surface area contributed by atoms with Gasteiger partial charge in [0.25, 0.3) is 0 Å². The fraction of sp³-hybridized carbons (Fsp3) is 0.500. The van der Waals surface area contributed by atoms with Gasteiger partial charge in [0.15, 0.2) is 17.5 Å². The zero-order valence-electron chi connectivity index (χ0n) is 18.4. The molecule has 2 rings (SSSR count). The van der Waals surface area contributed by atoms with Crippen molar-refractivity contribution in [3.8, 4) is 17.2 Å². The minimum absolute atomic E-state index is 0. The number of halogens is 1. The predicted octanol–water partition coefficient (Wildman–Crippen LogP) is 2.03. The summed E-state index contributed by atoms with van der Waals surface area (Å²) in [7, 11) is 6.55. The molecule has 0 aliphatic carbocycles. The van der Waals surface area contributed by atoms with Gasteiger partial charge in [-0.05, 0) is 26.0 Å². The molecule has 0 amide bonds. The van der Waals surface area contributed by atoms with Gasteiger partial charge in [0.2, 0.25) is 5.75 Å². The number of ether oxygens (including phenoxy) is 3. The number of hydrogen-bond donors (Lipinski definition) is 3. The van der Waals surface area contributed by atoms with E-state index in [1.165, 1.54) is 0 Å². The number of guanidine groups is 1. The Morgan fingerprint density at radius 2 is 1.87 bits per heavy atom. The second-order valence-corrected chi connectivity index (χ2v) is 6.72. The Labute approximate surface area is 194 Å². The van der Waals surface area contributed by atoms with Crippen LogP contribution in [0.4, 0.5) is 0 Å². The summed E-state index contributed by atoms with van der Waals surface area (Å²) in [6.45, 7) is 5.02. The average molecular weight is 533 g/mol. The minimum Gasteiger partial charge on any atom is -0.493 e. The highest BCUT2D eigenvalue weighted by Gasteiger charge is 2.25. The number of nitrogens with zero attached hydrogens (tertiary/aromatic N) is 3. The highest BCUT2D eigenvalue weighted by molar-refractivity contribution is 14.0. The standard InChI is InChI=1S/C20H31N5O4.HI/c1-7-21-19(23-13-20(2,26)15-11-24-25(3)12-15)22-10-14-8-9-16(27-4)18(29-6)17(14)28-5;/h8-9,11-12,26H,7,10,13H2,1-6H3,(H2,21,22,23);1H.